The zero-order valence-electron chi connectivity index (χ0n) is 8.57. The molecule has 0 spiro atoms. The predicted molar refractivity (Wildman–Crippen MR) is 52.7 cm³/mol. The summed E-state index contributed by atoms with van der Waals surface area (Å²) in [7, 11) is 0. The van der Waals surface area contributed by atoms with Crippen molar-refractivity contribution in [2.75, 3.05) is 0 Å². The highest BCUT2D eigenvalue weighted by atomic mass is 16.5. The van der Waals surface area contributed by atoms with Gasteiger partial charge in [0, 0.05) is 12.5 Å². The maximum absolute atomic E-state index is 6.09. The molecule has 0 saturated heterocycles. The maximum Gasteiger partial charge on any atom is 0.228 e. The van der Waals surface area contributed by atoms with E-state index in [1.54, 1.807) is 0 Å². The molecule has 1 aliphatic rings. The molecule has 1 fully saturated rings. The Balaban J connectivity index is 1.90. The largest absolute Gasteiger partial charge is 0.339 e. The average Bonchev–Trinajstić information content (AvgIpc) is 2.75. The Hall–Kier alpha value is -0.900. The third-order valence-corrected chi connectivity index (χ3v) is 2.99. The molecule has 1 aromatic rings. The van der Waals surface area contributed by atoms with E-state index < -0.39 is 0 Å². The van der Waals surface area contributed by atoms with E-state index in [0.29, 0.717) is 17.6 Å². The average molecular weight is 195 g/mol. The van der Waals surface area contributed by atoms with Crippen LogP contribution in [-0.4, -0.2) is 16.2 Å². The van der Waals surface area contributed by atoms with Gasteiger partial charge in [0.15, 0.2) is 5.82 Å². The van der Waals surface area contributed by atoms with Crippen LogP contribution in [0.1, 0.15) is 37.4 Å². The van der Waals surface area contributed by atoms with Crippen molar-refractivity contribution in [2.45, 2.75) is 45.1 Å². The normalized spacial score (nSPS) is 20.1. The first-order valence-corrected chi connectivity index (χ1v) is 5.30. The van der Waals surface area contributed by atoms with E-state index in [2.05, 4.69) is 10.1 Å². The summed E-state index contributed by atoms with van der Waals surface area (Å²) in [5.41, 5.74) is 6.09. The second kappa shape index (κ2) is 4.09. The van der Waals surface area contributed by atoms with Crippen molar-refractivity contribution in [3.63, 3.8) is 0 Å². The lowest BCUT2D eigenvalue weighted by molar-refractivity contribution is 0.339. The lowest BCUT2D eigenvalue weighted by Gasteiger charge is -2.16. The van der Waals surface area contributed by atoms with Crippen LogP contribution in [-0.2, 0) is 6.42 Å². The van der Waals surface area contributed by atoms with Gasteiger partial charge in [-0.15, -0.1) is 0 Å². The standard InChI is InChI=1S/C10H17N3O/c1-7-12-10(14-13-7)6-9(11)8-4-2-3-5-8/h8-9H,2-6,11H2,1H3. The first-order chi connectivity index (χ1) is 6.75. The summed E-state index contributed by atoms with van der Waals surface area (Å²) >= 11 is 0. The molecule has 2 N–H and O–H groups in total. The van der Waals surface area contributed by atoms with Gasteiger partial charge in [0.05, 0.1) is 0 Å². The monoisotopic (exact) mass is 195 g/mol. The van der Waals surface area contributed by atoms with E-state index in [1.165, 1.54) is 25.7 Å². The fraction of sp³-hybridized carbons (Fsp3) is 0.800. The number of rotatable bonds is 3. The van der Waals surface area contributed by atoms with Crippen molar-refractivity contribution in [2.24, 2.45) is 11.7 Å². The Morgan fingerprint density at radius 2 is 2.21 bits per heavy atom. The highest BCUT2D eigenvalue weighted by Gasteiger charge is 2.23. The van der Waals surface area contributed by atoms with E-state index >= 15 is 0 Å². The molecular formula is C10H17N3O. The third-order valence-electron chi connectivity index (χ3n) is 2.99. The van der Waals surface area contributed by atoms with E-state index in [9.17, 15) is 0 Å². The summed E-state index contributed by atoms with van der Waals surface area (Å²) in [5.74, 6) is 2.03. The molecule has 4 heteroatoms. The molecular weight excluding hydrogens is 178 g/mol. The molecule has 0 radical (unpaired) electrons. The number of hydrogen-bond acceptors (Lipinski definition) is 4. The number of aromatic nitrogens is 2. The molecule has 4 nitrogen and oxygen atoms in total. The minimum absolute atomic E-state index is 0.192. The van der Waals surface area contributed by atoms with E-state index in [4.69, 9.17) is 10.3 Å². The summed E-state index contributed by atoms with van der Waals surface area (Å²) < 4.78 is 5.05. The summed E-state index contributed by atoms with van der Waals surface area (Å²) in [4.78, 5) is 4.16. The van der Waals surface area contributed by atoms with E-state index in [-0.39, 0.29) is 6.04 Å². The van der Waals surface area contributed by atoms with Gasteiger partial charge in [-0.05, 0) is 25.7 Å². The van der Waals surface area contributed by atoms with Crippen molar-refractivity contribution in [1.82, 2.24) is 10.1 Å². The van der Waals surface area contributed by atoms with Gasteiger partial charge in [0.2, 0.25) is 5.89 Å². The number of aryl methyl sites for hydroxylation is 1. The smallest absolute Gasteiger partial charge is 0.228 e. The Morgan fingerprint density at radius 1 is 1.50 bits per heavy atom. The van der Waals surface area contributed by atoms with Crippen molar-refractivity contribution < 1.29 is 4.52 Å². The Morgan fingerprint density at radius 3 is 2.79 bits per heavy atom. The molecule has 1 unspecified atom stereocenters. The Bertz CT molecular complexity index is 291. The first kappa shape index (κ1) is 9.65. The second-order valence-electron chi connectivity index (χ2n) is 4.15. The highest BCUT2D eigenvalue weighted by Crippen LogP contribution is 2.27. The fourth-order valence-electron chi connectivity index (χ4n) is 2.18. The van der Waals surface area contributed by atoms with Gasteiger partial charge < -0.3 is 10.3 Å². The van der Waals surface area contributed by atoms with Gasteiger partial charge in [-0.25, -0.2) is 0 Å². The molecule has 1 heterocycles. The SMILES string of the molecule is Cc1noc(CC(N)C2CCCC2)n1. The van der Waals surface area contributed by atoms with Crippen LogP contribution < -0.4 is 5.73 Å². The molecule has 14 heavy (non-hydrogen) atoms. The highest BCUT2D eigenvalue weighted by molar-refractivity contribution is 4.89. The first-order valence-electron chi connectivity index (χ1n) is 5.30. The van der Waals surface area contributed by atoms with Crippen LogP contribution >= 0.6 is 0 Å². The third kappa shape index (κ3) is 2.12. The number of hydrogen-bond donors (Lipinski definition) is 1. The summed E-state index contributed by atoms with van der Waals surface area (Å²) in [6.45, 7) is 1.83. The molecule has 0 aromatic carbocycles. The lowest BCUT2D eigenvalue weighted by atomic mass is 9.96. The van der Waals surface area contributed by atoms with Gasteiger partial charge in [0.1, 0.15) is 0 Å². The Kier molecular flexibility index (Phi) is 2.82. The van der Waals surface area contributed by atoms with Crippen LogP contribution in [0.3, 0.4) is 0 Å². The van der Waals surface area contributed by atoms with Crippen LogP contribution in [0.2, 0.25) is 0 Å². The zero-order chi connectivity index (χ0) is 9.97. The molecule has 2 rings (SSSR count). The van der Waals surface area contributed by atoms with Crippen LogP contribution in [0.15, 0.2) is 4.52 Å². The molecule has 0 amide bonds. The van der Waals surface area contributed by atoms with E-state index in [0.717, 1.165) is 6.42 Å². The van der Waals surface area contributed by atoms with Gasteiger partial charge in [-0.2, -0.15) is 4.98 Å². The van der Waals surface area contributed by atoms with Crippen LogP contribution in [0.4, 0.5) is 0 Å². The molecule has 1 aliphatic carbocycles. The minimum atomic E-state index is 0.192. The van der Waals surface area contributed by atoms with Crippen LogP contribution in [0, 0.1) is 12.8 Å². The molecule has 1 saturated carbocycles. The fourth-order valence-corrected chi connectivity index (χ4v) is 2.18. The van der Waals surface area contributed by atoms with Gasteiger partial charge >= 0.3 is 0 Å². The van der Waals surface area contributed by atoms with Crippen molar-refractivity contribution in [3.05, 3.63) is 11.7 Å². The van der Waals surface area contributed by atoms with Crippen molar-refractivity contribution in [3.8, 4) is 0 Å². The molecule has 0 aliphatic heterocycles. The van der Waals surface area contributed by atoms with Gasteiger partial charge in [-0.1, -0.05) is 18.0 Å². The molecule has 0 bridgehead atoms. The Labute approximate surface area is 83.9 Å². The van der Waals surface area contributed by atoms with Crippen LogP contribution in [0.5, 0.6) is 0 Å². The van der Waals surface area contributed by atoms with Gasteiger partial charge in [0.25, 0.3) is 0 Å². The van der Waals surface area contributed by atoms with Crippen molar-refractivity contribution in [1.29, 1.82) is 0 Å². The number of nitrogens with two attached hydrogens (primary N) is 1. The van der Waals surface area contributed by atoms with Gasteiger partial charge in [-0.3, -0.25) is 0 Å². The molecule has 1 atom stereocenters. The molecule has 78 valence electrons. The lowest BCUT2D eigenvalue weighted by Crippen LogP contribution is -2.30. The molecule has 1 aromatic heterocycles. The van der Waals surface area contributed by atoms with Crippen LogP contribution in [0.25, 0.3) is 0 Å². The quantitative estimate of drug-likeness (QED) is 0.792. The number of nitrogens with zero attached hydrogens (tertiary/aromatic N) is 2. The van der Waals surface area contributed by atoms with E-state index in [1.807, 2.05) is 6.92 Å². The summed E-state index contributed by atoms with van der Waals surface area (Å²) in [6, 6.07) is 0.192. The topological polar surface area (TPSA) is 64.9 Å². The van der Waals surface area contributed by atoms with Crippen molar-refractivity contribution >= 4 is 0 Å². The zero-order valence-corrected chi connectivity index (χ0v) is 8.57. The second-order valence-corrected chi connectivity index (χ2v) is 4.15. The maximum atomic E-state index is 6.09. The minimum Gasteiger partial charge on any atom is -0.339 e. The summed E-state index contributed by atoms with van der Waals surface area (Å²) in [5, 5.41) is 3.75. The predicted octanol–water partition coefficient (Wildman–Crippen LogP) is 1.44. The summed E-state index contributed by atoms with van der Waals surface area (Å²) in [6.07, 6.45) is 5.89.